The largest absolute Gasteiger partial charge is 0.316 e. The van der Waals surface area contributed by atoms with Gasteiger partial charge in [0.25, 0.3) is 0 Å². The fourth-order valence-corrected chi connectivity index (χ4v) is 2.50. The highest BCUT2D eigenvalue weighted by molar-refractivity contribution is 5.26. The lowest BCUT2D eigenvalue weighted by atomic mass is 9.89. The molecule has 88 valence electrons. The number of rotatable bonds is 3. The van der Waals surface area contributed by atoms with Crippen LogP contribution in [0.25, 0.3) is 0 Å². The van der Waals surface area contributed by atoms with Crippen molar-refractivity contribution < 1.29 is 0 Å². The maximum atomic E-state index is 3.21. The lowest BCUT2D eigenvalue weighted by molar-refractivity contribution is 0.255. The Balaban J connectivity index is 2.05. The maximum absolute atomic E-state index is 3.21. The smallest absolute Gasteiger partial charge is 0.0202 e. The Morgan fingerprint density at radius 2 is 2.06 bits per heavy atom. The van der Waals surface area contributed by atoms with Crippen LogP contribution in [0.2, 0.25) is 0 Å². The quantitative estimate of drug-likeness (QED) is 0.837. The van der Waals surface area contributed by atoms with E-state index in [4.69, 9.17) is 0 Å². The van der Waals surface area contributed by atoms with Gasteiger partial charge in [-0.15, -0.1) is 0 Å². The van der Waals surface area contributed by atoms with E-state index in [1.165, 1.54) is 37.1 Å². The fourth-order valence-electron chi connectivity index (χ4n) is 2.50. The summed E-state index contributed by atoms with van der Waals surface area (Å²) in [5.74, 6) is 0.771. The van der Waals surface area contributed by atoms with Crippen molar-refractivity contribution in [2.75, 3.05) is 27.2 Å². The Hall–Kier alpha value is -0.860. The van der Waals surface area contributed by atoms with Crippen molar-refractivity contribution in [3.63, 3.8) is 0 Å². The molecule has 0 aromatic heterocycles. The predicted octanol–water partition coefficient (Wildman–Crippen LogP) is 2.22. The van der Waals surface area contributed by atoms with Crippen LogP contribution in [0.3, 0.4) is 0 Å². The molecule has 16 heavy (non-hydrogen) atoms. The molecule has 0 unspecified atom stereocenters. The normalized spacial score (nSPS) is 18.9. The summed E-state index contributed by atoms with van der Waals surface area (Å²) in [5.41, 5.74) is 2.93. The molecular formula is C14H22N2. The molecule has 1 saturated heterocycles. The van der Waals surface area contributed by atoms with E-state index in [0.29, 0.717) is 0 Å². The topological polar surface area (TPSA) is 15.3 Å². The van der Waals surface area contributed by atoms with Crippen molar-refractivity contribution in [2.24, 2.45) is 0 Å². The van der Waals surface area contributed by atoms with E-state index in [2.05, 4.69) is 41.5 Å². The first-order chi connectivity index (χ1) is 7.79. The zero-order chi connectivity index (χ0) is 11.4. The summed E-state index contributed by atoms with van der Waals surface area (Å²) in [6, 6.07) is 9.05. The average molecular weight is 218 g/mol. The predicted molar refractivity (Wildman–Crippen MR) is 68.7 cm³/mol. The molecule has 2 heteroatoms. The van der Waals surface area contributed by atoms with E-state index in [9.17, 15) is 0 Å². The third-order valence-corrected chi connectivity index (χ3v) is 3.52. The molecule has 1 aliphatic rings. The first-order valence-electron chi connectivity index (χ1n) is 6.21. The molecule has 2 nitrogen and oxygen atoms in total. The van der Waals surface area contributed by atoms with Crippen molar-refractivity contribution in [1.82, 2.24) is 10.2 Å². The number of benzene rings is 1. The Kier molecular flexibility index (Phi) is 3.97. The highest BCUT2D eigenvalue weighted by Crippen LogP contribution is 2.27. The number of nitrogens with one attached hydrogen (secondary N) is 1. The van der Waals surface area contributed by atoms with Gasteiger partial charge in [-0.05, 0) is 57.1 Å². The molecule has 0 saturated carbocycles. The first-order valence-corrected chi connectivity index (χ1v) is 6.21. The second-order valence-electron chi connectivity index (χ2n) is 4.85. The molecule has 1 heterocycles. The van der Waals surface area contributed by atoms with Crippen LogP contribution in [0.5, 0.6) is 0 Å². The van der Waals surface area contributed by atoms with Crippen molar-refractivity contribution in [2.45, 2.75) is 25.3 Å². The summed E-state index contributed by atoms with van der Waals surface area (Å²) in [5, 5.41) is 3.21. The third kappa shape index (κ3) is 2.83. The lowest BCUT2D eigenvalue weighted by Crippen LogP contribution is -2.29. The number of nitrogens with zero attached hydrogens (tertiary/aromatic N) is 1. The fraction of sp³-hybridized carbons (Fsp3) is 0.571. The van der Waals surface area contributed by atoms with Crippen LogP contribution in [0, 0.1) is 0 Å². The Labute approximate surface area is 98.7 Å². The van der Waals surface area contributed by atoms with E-state index in [0.717, 1.165) is 12.5 Å². The van der Waals surface area contributed by atoms with Crippen LogP contribution in [0.15, 0.2) is 24.3 Å². The lowest BCUT2D eigenvalue weighted by Gasteiger charge is -2.29. The van der Waals surface area contributed by atoms with Gasteiger partial charge in [-0.3, -0.25) is 0 Å². The molecule has 0 bridgehead atoms. The molecular weight excluding hydrogens is 196 g/mol. The van der Waals surface area contributed by atoms with Gasteiger partial charge in [0, 0.05) is 6.54 Å². The van der Waals surface area contributed by atoms with Crippen molar-refractivity contribution in [3.05, 3.63) is 35.4 Å². The van der Waals surface area contributed by atoms with E-state index < -0.39 is 0 Å². The minimum Gasteiger partial charge on any atom is -0.316 e. The van der Waals surface area contributed by atoms with E-state index >= 15 is 0 Å². The van der Waals surface area contributed by atoms with Gasteiger partial charge >= 0.3 is 0 Å². The minimum absolute atomic E-state index is 0.771. The van der Waals surface area contributed by atoms with Crippen LogP contribution in [0.1, 0.15) is 29.9 Å². The molecule has 0 amide bonds. The SMILES string of the molecule is CNCc1cccc(C2CCN(C)CC2)c1. The van der Waals surface area contributed by atoms with Gasteiger partial charge in [-0.2, -0.15) is 0 Å². The highest BCUT2D eigenvalue weighted by Gasteiger charge is 2.18. The molecule has 1 N–H and O–H groups in total. The first kappa shape index (κ1) is 11.6. The second kappa shape index (κ2) is 5.46. The molecule has 1 fully saturated rings. The summed E-state index contributed by atoms with van der Waals surface area (Å²) in [4.78, 5) is 2.42. The molecule has 0 radical (unpaired) electrons. The van der Waals surface area contributed by atoms with Crippen LogP contribution < -0.4 is 5.32 Å². The monoisotopic (exact) mass is 218 g/mol. The van der Waals surface area contributed by atoms with Crippen LogP contribution in [-0.2, 0) is 6.54 Å². The average Bonchev–Trinajstić information content (AvgIpc) is 2.31. The third-order valence-electron chi connectivity index (χ3n) is 3.52. The van der Waals surface area contributed by atoms with Gasteiger partial charge < -0.3 is 10.2 Å². The number of hydrogen-bond acceptors (Lipinski definition) is 2. The molecule has 2 rings (SSSR count). The van der Waals surface area contributed by atoms with Crippen LogP contribution in [-0.4, -0.2) is 32.1 Å². The van der Waals surface area contributed by atoms with Gasteiger partial charge in [-0.25, -0.2) is 0 Å². The molecule has 0 atom stereocenters. The van der Waals surface area contributed by atoms with E-state index in [1.54, 1.807) is 0 Å². The molecule has 1 aromatic rings. The number of hydrogen-bond donors (Lipinski definition) is 1. The minimum atomic E-state index is 0.771. The molecule has 0 aliphatic carbocycles. The van der Waals surface area contributed by atoms with E-state index in [1.807, 2.05) is 7.05 Å². The van der Waals surface area contributed by atoms with Gasteiger partial charge in [0.1, 0.15) is 0 Å². The molecule has 1 aliphatic heterocycles. The summed E-state index contributed by atoms with van der Waals surface area (Å²) >= 11 is 0. The van der Waals surface area contributed by atoms with Gasteiger partial charge in [0.15, 0.2) is 0 Å². The summed E-state index contributed by atoms with van der Waals surface area (Å²) < 4.78 is 0. The Morgan fingerprint density at radius 3 is 2.75 bits per heavy atom. The van der Waals surface area contributed by atoms with Crippen LogP contribution in [0.4, 0.5) is 0 Å². The second-order valence-corrected chi connectivity index (χ2v) is 4.85. The van der Waals surface area contributed by atoms with Crippen molar-refractivity contribution in [3.8, 4) is 0 Å². The summed E-state index contributed by atoms with van der Waals surface area (Å²) in [7, 11) is 4.22. The summed E-state index contributed by atoms with van der Waals surface area (Å²) in [6.45, 7) is 3.45. The number of piperidine rings is 1. The van der Waals surface area contributed by atoms with Crippen molar-refractivity contribution >= 4 is 0 Å². The standard InChI is InChI=1S/C14H22N2/c1-15-11-12-4-3-5-14(10-12)13-6-8-16(2)9-7-13/h3-5,10,13,15H,6-9,11H2,1-2H3. The van der Waals surface area contributed by atoms with Gasteiger partial charge in [-0.1, -0.05) is 24.3 Å². The highest BCUT2D eigenvalue weighted by atomic mass is 15.1. The van der Waals surface area contributed by atoms with Crippen LogP contribution >= 0.6 is 0 Å². The van der Waals surface area contributed by atoms with E-state index in [-0.39, 0.29) is 0 Å². The zero-order valence-corrected chi connectivity index (χ0v) is 10.4. The zero-order valence-electron chi connectivity index (χ0n) is 10.4. The Morgan fingerprint density at radius 1 is 1.31 bits per heavy atom. The summed E-state index contributed by atoms with van der Waals surface area (Å²) in [6.07, 6.45) is 2.61. The Bertz CT molecular complexity index is 327. The maximum Gasteiger partial charge on any atom is 0.0202 e. The number of likely N-dealkylation sites (tertiary alicyclic amines) is 1. The molecule has 1 aromatic carbocycles. The van der Waals surface area contributed by atoms with Gasteiger partial charge in [0.05, 0.1) is 0 Å². The van der Waals surface area contributed by atoms with Crippen molar-refractivity contribution in [1.29, 1.82) is 0 Å². The van der Waals surface area contributed by atoms with Gasteiger partial charge in [0.2, 0.25) is 0 Å². The molecule has 0 spiro atoms.